The van der Waals surface area contributed by atoms with Crippen LogP contribution in [0.25, 0.3) is 0 Å². The largest absolute Gasteiger partial charge is 0.335 e. The number of nitrogens with zero attached hydrogens (tertiary/aromatic N) is 2. The monoisotopic (exact) mass is 323 g/mol. The highest BCUT2D eigenvalue weighted by Crippen LogP contribution is 2.21. The Kier molecular flexibility index (Phi) is 5.23. The number of urea groups is 1. The standard InChI is InChI=1S/C15H15ClFN3O2/c1-2-6-18-15(22)20-9-7-19(8-10-20)14(21)13-11(16)4-3-5-12(13)17/h1,3-5H,6-10H2,(H,18,22). The topological polar surface area (TPSA) is 52.7 Å². The van der Waals surface area contributed by atoms with Crippen LogP contribution in [0.15, 0.2) is 18.2 Å². The molecular weight excluding hydrogens is 309 g/mol. The molecule has 0 bridgehead atoms. The third kappa shape index (κ3) is 3.49. The van der Waals surface area contributed by atoms with Crippen LogP contribution in [0.3, 0.4) is 0 Å². The van der Waals surface area contributed by atoms with Crippen molar-refractivity contribution in [2.75, 3.05) is 32.7 Å². The van der Waals surface area contributed by atoms with E-state index in [-0.39, 0.29) is 23.2 Å². The molecule has 0 radical (unpaired) electrons. The Bertz CT molecular complexity index is 601. The van der Waals surface area contributed by atoms with Crippen LogP contribution >= 0.6 is 11.6 Å². The van der Waals surface area contributed by atoms with Gasteiger partial charge in [-0.1, -0.05) is 23.6 Å². The van der Waals surface area contributed by atoms with Gasteiger partial charge in [0.2, 0.25) is 0 Å². The fraction of sp³-hybridized carbons (Fsp3) is 0.333. The molecule has 0 aliphatic carbocycles. The molecule has 5 nitrogen and oxygen atoms in total. The number of benzene rings is 1. The van der Waals surface area contributed by atoms with E-state index in [1.165, 1.54) is 23.1 Å². The first-order valence-electron chi connectivity index (χ1n) is 6.74. The first-order valence-corrected chi connectivity index (χ1v) is 7.12. The molecule has 1 heterocycles. The van der Waals surface area contributed by atoms with Crippen molar-refractivity contribution < 1.29 is 14.0 Å². The molecule has 1 aromatic carbocycles. The van der Waals surface area contributed by atoms with Crippen molar-refractivity contribution in [3.63, 3.8) is 0 Å². The molecule has 1 saturated heterocycles. The maximum absolute atomic E-state index is 13.8. The summed E-state index contributed by atoms with van der Waals surface area (Å²) in [6, 6.07) is 3.85. The molecule has 1 aliphatic heterocycles. The van der Waals surface area contributed by atoms with Crippen molar-refractivity contribution in [1.29, 1.82) is 0 Å². The van der Waals surface area contributed by atoms with Crippen LogP contribution in [0.2, 0.25) is 5.02 Å². The van der Waals surface area contributed by atoms with E-state index in [1.54, 1.807) is 4.90 Å². The summed E-state index contributed by atoms with van der Waals surface area (Å²) in [5, 5.41) is 2.64. The number of rotatable bonds is 2. The molecule has 0 saturated carbocycles. The van der Waals surface area contributed by atoms with Gasteiger partial charge < -0.3 is 15.1 Å². The third-order valence-electron chi connectivity index (χ3n) is 3.37. The van der Waals surface area contributed by atoms with Crippen molar-refractivity contribution in [2.24, 2.45) is 0 Å². The molecule has 1 aromatic rings. The molecular formula is C15H15ClFN3O2. The first kappa shape index (κ1) is 16.1. The quantitative estimate of drug-likeness (QED) is 0.840. The van der Waals surface area contributed by atoms with Gasteiger partial charge in [0.05, 0.1) is 17.1 Å². The maximum Gasteiger partial charge on any atom is 0.318 e. The second kappa shape index (κ2) is 7.14. The van der Waals surface area contributed by atoms with E-state index in [4.69, 9.17) is 18.0 Å². The van der Waals surface area contributed by atoms with Gasteiger partial charge in [-0.05, 0) is 12.1 Å². The zero-order valence-electron chi connectivity index (χ0n) is 11.8. The zero-order valence-corrected chi connectivity index (χ0v) is 12.6. The molecule has 3 amide bonds. The van der Waals surface area contributed by atoms with Gasteiger partial charge in [-0.3, -0.25) is 4.79 Å². The molecule has 1 N–H and O–H groups in total. The van der Waals surface area contributed by atoms with E-state index in [1.807, 2.05) is 0 Å². The minimum absolute atomic E-state index is 0.0826. The van der Waals surface area contributed by atoms with Crippen molar-refractivity contribution in [3.8, 4) is 12.3 Å². The van der Waals surface area contributed by atoms with Crippen molar-refractivity contribution in [2.45, 2.75) is 0 Å². The second-order valence-corrected chi connectivity index (χ2v) is 5.15. The average molecular weight is 324 g/mol. The second-order valence-electron chi connectivity index (χ2n) is 4.74. The van der Waals surface area contributed by atoms with Crippen LogP contribution in [0.1, 0.15) is 10.4 Å². The molecule has 1 aliphatic rings. The Morgan fingerprint density at radius 1 is 1.27 bits per heavy atom. The number of carbonyl (C=O) groups is 2. The van der Waals surface area contributed by atoms with Gasteiger partial charge in [-0.25, -0.2) is 9.18 Å². The first-order chi connectivity index (χ1) is 10.5. The summed E-state index contributed by atoms with van der Waals surface area (Å²) < 4.78 is 13.8. The van der Waals surface area contributed by atoms with E-state index in [9.17, 15) is 14.0 Å². The van der Waals surface area contributed by atoms with Gasteiger partial charge in [0, 0.05) is 26.2 Å². The minimum Gasteiger partial charge on any atom is -0.335 e. The number of carbonyl (C=O) groups excluding carboxylic acids is 2. The van der Waals surface area contributed by atoms with Crippen LogP contribution in [0.5, 0.6) is 0 Å². The van der Waals surface area contributed by atoms with Gasteiger partial charge in [0.15, 0.2) is 0 Å². The molecule has 0 atom stereocenters. The predicted molar refractivity (Wildman–Crippen MR) is 81.1 cm³/mol. The van der Waals surface area contributed by atoms with E-state index in [0.717, 1.165) is 0 Å². The summed E-state index contributed by atoms with van der Waals surface area (Å²) in [7, 11) is 0. The molecule has 7 heteroatoms. The van der Waals surface area contributed by atoms with Crippen LogP contribution in [0.4, 0.5) is 9.18 Å². The highest BCUT2D eigenvalue weighted by atomic mass is 35.5. The lowest BCUT2D eigenvalue weighted by molar-refractivity contribution is 0.0661. The van der Waals surface area contributed by atoms with E-state index in [0.29, 0.717) is 26.2 Å². The lowest BCUT2D eigenvalue weighted by atomic mass is 10.1. The highest BCUT2D eigenvalue weighted by molar-refractivity contribution is 6.33. The Hall–Kier alpha value is -2.26. The Morgan fingerprint density at radius 2 is 1.91 bits per heavy atom. The van der Waals surface area contributed by atoms with Gasteiger partial charge in [0.25, 0.3) is 5.91 Å². The van der Waals surface area contributed by atoms with Crippen LogP contribution < -0.4 is 5.32 Å². The third-order valence-corrected chi connectivity index (χ3v) is 3.69. The van der Waals surface area contributed by atoms with Crippen molar-refractivity contribution >= 4 is 23.5 Å². The van der Waals surface area contributed by atoms with E-state index < -0.39 is 11.7 Å². The smallest absolute Gasteiger partial charge is 0.318 e. The fourth-order valence-electron chi connectivity index (χ4n) is 2.21. The SMILES string of the molecule is C#CCNC(=O)N1CCN(C(=O)c2c(F)cccc2Cl)CC1. The molecule has 22 heavy (non-hydrogen) atoms. The van der Waals surface area contributed by atoms with Gasteiger partial charge >= 0.3 is 6.03 Å². The molecule has 116 valence electrons. The summed E-state index contributed by atoms with van der Waals surface area (Å²) in [4.78, 5) is 27.1. The van der Waals surface area contributed by atoms with Crippen LogP contribution in [-0.2, 0) is 0 Å². The number of hydrogen-bond acceptors (Lipinski definition) is 2. The maximum atomic E-state index is 13.8. The van der Waals surface area contributed by atoms with Gasteiger partial charge in [-0.2, -0.15) is 0 Å². The Morgan fingerprint density at radius 3 is 2.50 bits per heavy atom. The highest BCUT2D eigenvalue weighted by Gasteiger charge is 2.27. The number of terminal acetylenes is 1. The molecule has 1 fully saturated rings. The number of amides is 3. The lowest BCUT2D eigenvalue weighted by Crippen LogP contribution is -2.53. The number of piperazine rings is 1. The van der Waals surface area contributed by atoms with Crippen molar-refractivity contribution in [3.05, 3.63) is 34.6 Å². The normalized spacial score (nSPS) is 14.4. The van der Waals surface area contributed by atoms with E-state index in [2.05, 4.69) is 11.2 Å². The molecule has 0 aromatic heterocycles. The van der Waals surface area contributed by atoms with E-state index >= 15 is 0 Å². The predicted octanol–water partition coefficient (Wildman–Crippen LogP) is 1.58. The number of halogens is 2. The number of hydrogen-bond donors (Lipinski definition) is 1. The Balaban J connectivity index is 1.99. The summed E-state index contributed by atoms with van der Waals surface area (Å²) in [6.45, 7) is 1.49. The summed E-state index contributed by atoms with van der Waals surface area (Å²) in [5.41, 5.74) is -0.130. The van der Waals surface area contributed by atoms with Crippen LogP contribution in [-0.4, -0.2) is 54.5 Å². The van der Waals surface area contributed by atoms with Gasteiger partial charge in [0.1, 0.15) is 5.82 Å². The van der Waals surface area contributed by atoms with Crippen LogP contribution in [0, 0.1) is 18.2 Å². The number of nitrogens with one attached hydrogen (secondary N) is 1. The minimum atomic E-state index is -0.647. The molecule has 0 unspecified atom stereocenters. The molecule has 0 spiro atoms. The lowest BCUT2D eigenvalue weighted by Gasteiger charge is -2.34. The summed E-state index contributed by atoms with van der Waals surface area (Å²) >= 11 is 5.90. The fourth-order valence-corrected chi connectivity index (χ4v) is 2.46. The van der Waals surface area contributed by atoms with Crippen molar-refractivity contribution in [1.82, 2.24) is 15.1 Å². The average Bonchev–Trinajstić information content (AvgIpc) is 2.52. The summed E-state index contributed by atoms with van der Waals surface area (Å²) in [6.07, 6.45) is 5.08. The summed E-state index contributed by atoms with van der Waals surface area (Å²) in [5.74, 6) is 1.21. The molecule has 2 rings (SSSR count). The Labute approximate surface area is 133 Å². The van der Waals surface area contributed by atoms with Gasteiger partial charge in [-0.15, -0.1) is 6.42 Å². The zero-order chi connectivity index (χ0) is 16.1.